The van der Waals surface area contributed by atoms with Crippen molar-refractivity contribution in [3.8, 4) is 0 Å². The number of anilines is 2. The van der Waals surface area contributed by atoms with Crippen LogP contribution in [0.3, 0.4) is 0 Å². The molecule has 0 atom stereocenters. The van der Waals surface area contributed by atoms with Crippen LogP contribution in [-0.2, 0) is 9.53 Å². The van der Waals surface area contributed by atoms with Gasteiger partial charge < -0.3 is 15.4 Å². The number of rotatable bonds is 4. The first-order chi connectivity index (χ1) is 9.96. The average molecular weight is 327 g/mol. The lowest BCUT2D eigenvalue weighted by atomic mass is 10.2. The summed E-state index contributed by atoms with van der Waals surface area (Å²) in [5.74, 6) is 0.727. The van der Waals surface area contributed by atoms with E-state index in [-0.39, 0.29) is 11.0 Å². The fourth-order valence-electron chi connectivity index (χ4n) is 1.48. The lowest BCUT2D eigenvalue weighted by Crippen LogP contribution is -2.34. The molecule has 21 heavy (non-hydrogen) atoms. The molecule has 8 heteroatoms. The smallest absolute Gasteiger partial charge is 0.413 e. The van der Waals surface area contributed by atoms with Crippen LogP contribution in [0.15, 0.2) is 23.1 Å². The zero-order chi connectivity index (χ0) is 15.8. The Morgan fingerprint density at radius 3 is 2.57 bits per heavy atom. The lowest BCUT2D eigenvalue weighted by molar-refractivity contribution is -0.114. The molecular formula is C13H17N3O3S2. The summed E-state index contributed by atoms with van der Waals surface area (Å²) in [7, 11) is 1.25. The predicted octanol–water partition coefficient (Wildman–Crippen LogP) is 2.81. The summed E-state index contributed by atoms with van der Waals surface area (Å²) in [6, 6.07) is 5.54. The molecule has 0 unspecified atom stereocenters. The molecule has 114 valence electrons. The summed E-state index contributed by atoms with van der Waals surface area (Å²) in [5.41, 5.74) is 1.18. The van der Waals surface area contributed by atoms with Gasteiger partial charge in [-0.2, -0.15) is 0 Å². The van der Waals surface area contributed by atoms with E-state index < -0.39 is 6.09 Å². The Kier molecular flexibility index (Phi) is 6.97. The molecule has 0 fully saturated rings. The number of thioether (sulfide) groups is 1. The second kappa shape index (κ2) is 8.48. The first-order valence-electron chi connectivity index (χ1n) is 6.16. The summed E-state index contributed by atoms with van der Waals surface area (Å²) >= 11 is 6.67. The molecule has 1 aromatic rings. The number of hydrogen-bond donors (Lipinski definition) is 3. The molecule has 0 saturated carbocycles. The quantitative estimate of drug-likeness (QED) is 0.583. The molecular weight excluding hydrogens is 310 g/mol. The number of benzene rings is 1. The Morgan fingerprint density at radius 1 is 1.29 bits per heavy atom. The van der Waals surface area contributed by atoms with Crippen molar-refractivity contribution in [2.75, 3.05) is 23.5 Å². The Bertz CT molecular complexity index is 549. The molecule has 6 nitrogen and oxygen atoms in total. The summed E-state index contributed by atoms with van der Waals surface area (Å²) < 4.78 is 4.46. The number of alkyl carbamates (subject to hydrolysis) is 1. The summed E-state index contributed by atoms with van der Waals surface area (Å²) in [6.07, 6.45) is -0.660. The van der Waals surface area contributed by atoms with Crippen molar-refractivity contribution in [3.63, 3.8) is 0 Å². The largest absolute Gasteiger partial charge is 0.453 e. The highest BCUT2D eigenvalue weighted by molar-refractivity contribution is 7.99. The van der Waals surface area contributed by atoms with Crippen molar-refractivity contribution in [1.29, 1.82) is 0 Å². The van der Waals surface area contributed by atoms with Crippen molar-refractivity contribution in [3.05, 3.63) is 18.2 Å². The molecule has 0 bridgehead atoms. The number of ether oxygens (including phenoxy) is 1. The lowest BCUT2D eigenvalue weighted by Gasteiger charge is -2.14. The fraction of sp³-hybridized carbons (Fsp3) is 0.308. The minimum atomic E-state index is -0.660. The maximum atomic E-state index is 11.2. The van der Waals surface area contributed by atoms with E-state index in [4.69, 9.17) is 12.2 Å². The molecule has 0 saturated heterocycles. The third kappa shape index (κ3) is 6.01. The first kappa shape index (κ1) is 17.3. The van der Waals surface area contributed by atoms with Gasteiger partial charge in [-0.1, -0.05) is 6.92 Å². The maximum Gasteiger partial charge on any atom is 0.413 e. The van der Waals surface area contributed by atoms with Gasteiger partial charge in [0.15, 0.2) is 5.11 Å². The Labute approximate surface area is 133 Å². The number of amides is 2. The minimum absolute atomic E-state index is 0.0899. The predicted molar refractivity (Wildman–Crippen MR) is 88.9 cm³/mol. The van der Waals surface area contributed by atoms with Crippen LogP contribution in [0.25, 0.3) is 0 Å². The molecule has 0 aliphatic carbocycles. The van der Waals surface area contributed by atoms with E-state index in [1.807, 2.05) is 19.1 Å². The van der Waals surface area contributed by atoms with Crippen LogP contribution < -0.4 is 16.0 Å². The monoisotopic (exact) mass is 327 g/mol. The van der Waals surface area contributed by atoms with Gasteiger partial charge in [0.2, 0.25) is 5.91 Å². The number of nitrogens with one attached hydrogen (secondary N) is 3. The minimum Gasteiger partial charge on any atom is -0.453 e. The summed E-state index contributed by atoms with van der Waals surface area (Å²) in [4.78, 5) is 23.4. The van der Waals surface area contributed by atoms with Crippen LogP contribution in [0.1, 0.15) is 13.8 Å². The number of carbonyl (C=O) groups excluding carboxylic acids is 2. The molecule has 1 rings (SSSR count). The maximum absolute atomic E-state index is 11.2. The van der Waals surface area contributed by atoms with Gasteiger partial charge in [0.05, 0.1) is 18.5 Å². The summed E-state index contributed by atoms with van der Waals surface area (Å²) in [5, 5.41) is 8.01. The van der Waals surface area contributed by atoms with Crippen molar-refractivity contribution < 1.29 is 14.3 Å². The highest BCUT2D eigenvalue weighted by Gasteiger charge is 2.09. The van der Waals surface area contributed by atoms with Gasteiger partial charge in [0, 0.05) is 11.8 Å². The second-order valence-corrected chi connectivity index (χ2v) is 5.64. The van der Waals surface area contributed by atoms with Crippen LogP contribution in [0, 0.1) is 0 Å². The standard InChI is InChI=1S/C13H17N3O3S2/c1-4-21-9-5-6-10(14-8(2)17)11(7-9)15-12(20)16-13(18)19-3/h5-7H,4H2,1-3H3,(H,14,17)(H2,15,16,18,20). The molecule has 0 aliphatic heterocycles. The Morgan fingerprint density at radius 2 is 2.00 bits per heavy atom. The fourth-order valence-corrected chi connectivity index (χ4v) is 2.37. The zero-order valence-corrected chi connectivity index (χ0v) is 13.6. The van der Waals surface area contributed by atoms with Crippen molar-refractivity contribution in [2.45, 2.75) is 18.7 Å². The number of hydrogen-bond acceptors (Lipinski definition) is 5. The molecule has 3 N–H and O–H groups in total. The van der Waals surface area contributed by atoms with E-state index in [9.17, 15) is 9.59 Å². The highest BCUT2D eigenvalue weighted by atomic mass is 32.2. The van der Waals surface area contributed by atoms with Crippen LogP contribution in [0.5, 0.6) is 0 Å². The van der Waals surface area contributed by atoms with Gasteiger partial charge in [-0.25, -0.2) is 4.79 Å². The zero-order valence-electron chi connectivity index (χ0n) is 12.0. The third-order valence-corrected chi connectivity index (χ3v) is 3.34. The van der Waals surface area contributed by atoms with Crippen LogP contribution in [0.4, 0.5) is 16.2 Å². The average Bonchev–Trinajstić information content (AvgIpc) is 2.41. The number of thiocarbonyl (C=S) groups is 1. The molecule has 1 aromatic carbocycles. The second-order valence-electron chi connectivity index (χ2n) is 3.89. The summed E-state index contributed by atoms with van der Waals surface area (Å²) in [6.45, 7) is 3.46. The van der Waals surface area contributed by atoms with E-state index in [1.54, 1.807) is 17.8 Å². The first-order valence-corrected chi connectivity index (χ1v) is 7.56. The van der Waals surface area contributed by atoms with Gasteiger partial charge in [0.25, 0.3) is 0 Å². The van der Waals surface area contributed by atoms with E-state index in [0.29, 0.717) is 11.4 Å². The van der Waals surface area contributed by atoms with Crippen molar-refractivity contribution in [2.24, 2.45) is 0 Å². The molecule has 2 amide bonds. The number of methoxy groups -OCH3 is 1. The third-order valence-electron chi connectivity index (χ3n) is 2.26. The molecule has 0 heterocycles. The normalized spacial score (nSPS) is 9.67. The van der Waals surface area contributed by atoms with Gasteiger partial charge in [-0.15, -0.1) is 11.8 Å². The molecule has 0 aromatic heterocycles. The van der Waals surface area contributed by atoms with E-state index in [0.717, 1.165) is 10.6 Å². The SMILES string of the molecule is CCSc1ccc(NC(C)=O)c(NC(=S)NC(=O)OC)c1. The molecule has 0 spiro atoms. The molecule has 0 radical (unpaired) electrons. The topological polar surface area (TPSA) is 79.5 Å². The van der Waals surface area contributed by atoms with E-state index in [1.165, 1.54) is 14.0 Å². The molecule has 0 aliphatic rings. The highest BCUT2D eigenvalue weighted by Crippen LogP contribution is 2.28. The van der Waals surface area contributed by atoms with Crippen molar-refractivity contribution in [1.82, 2.24) is 5.32 Å². The van der Waals surface area contributed by atoms with Crippen LogP contribution in [0.2, 0.25) is 0 Å². The van der Waals surface area contributed by atoms with Crippen LogP contribution >= 0.6 is 24.0 Å². The Balaban J connectivity index is 2.93. The van der Waals surface area contributed by atoms with Crippen molar-refractivity contribution >= 4 is 52.5 Å². The van der Waals surface area contributed by atoms with Gasteiger partial charge in [-0.3, -0.25) is 10.1 Å². The van der Waals surface area contributed by atoms with E-state index >= 15 is 0 Å². The van der Waals surface area contributed by atoms with Gasteiger partial charge in [-0.05, 0) is 36.2 Å². The number of carbonyl (C=O) groups is 2. The van der Waals surface area contributed by atoms with E-state index in [2.05, 4.69) is 20.7 Å². The van der Waals surface area contributed by atoms with Gasteiger partial charge in [0.1, 0.15) is 0 Å². The Hall–Kier alpha value is -1.80. The van der Waals surface area contributed by atoms with Gasteiger partial charge >= 0.3 is 6.09 Å². The van der Waals surface area contributed by atoms with Crippen LogP contribution in [-0.4, -0.2) is 30.0 Å².